The third-order valence-electron chi connectivity index (χ3n) is 4.02. The minimum atomic E-state index is -0.750. The highest BCUT2D eigenvalue weighted by molar-refractivity contribution is 5.82. The van der Waals surface area contributed by atoms with Crippen LogP contribution in [0.3, 0.4) is 0 Å². The molecule has 2 aliphatic heterocycles. The molecule has 18 heavy (non-hydrogen) atoms. The maximum Gasteiger partial charge on any atom is 0.306 e. The summed E-state index contributed by atoms with van der Waals surface area (Å²) in [6, 6.07) is -0.00754. The number of ether oxygens (including phenoxy) is 1. The molecule has 1 N–H and O–H groups in total. The van der Waals surface area contributed by atoms with Crippen molar-refractivity contribution in [2.75, 3.05) is 6.54 Å². The van der Waals surface area contributed by atoms with Crippen LogP contribution in [-0.2, 0) is 14.3 Å². The Bertz CT molecular complexity index is 344. The fourth-order valence-corrected chi connectivity index (χ4v) is 2.89. The smallest absolute Gasteiger partial charge is 0.306 e. The number of hydrogen-bond acceptors (Lipinski definition) is 3. The molecule has 0 aromatic rings. The van der Waals surface area contributed by atoms with E-state index in [-0.39, 0.29) is 30.1 Å². The molecule has 0 aliphatic carbocycles. The predicted octanol–water partition coefficient (Wildman–Crippen LogP) is 1.27. The predicted molar refractivity (Wildman–Crippen MR) is 65.1 cm³/mol. The molecular weight excluding hydrogens is 234 g/mol. The average Bonchev–Trinajstić information content (AvgIpc) is 2.74. The van der Waals surface area contributed by atoms with Crippen LogP contribution in [0.1, 0.15) is 39.5 Å². The Morgan fingerprint density at radius 2 is 1.94 bits per heavy atom. The largest absolute Gasteiger partial charge is 0.481 e. The highest BCUT2D eigenvalue weighted by Crippen LogP contribution is 2.27. The minimum Gasteiger partial charge on any atom is -0.481 e. The standard InChI is InChI=1S/C13H21NO4/c1-8-7-10(13(16)17)5-6-14(8)12(15)11-4-3-9(2)18-11/h8-11H,3-7H2,1-2H3,(H,16,17). The molecule has 5 nitrogen and oxygen atoms in total. The number of carboxylic acids is 1. The first kappa shape index (κ1) is 13.3. The van der Waals surface area contributed by atoms with Gasteiger partial charge in [0.2, 0.25) is 0 Å². The van der Waals surface area contributed by atoms with Gasteiger partial charge in [0, 0.05) is 12.6 Å². The summed E-state index contributed by atoms with van der Waals surface area (Å²) in [6.07, 6.45) is 2.65. The van der Waals surface area contributed by atoms with Crippen molar-refractivity contribution in [1.82, 2.24) is 4.90 Å². The van der Waals surface area contributed by atoms with Gasteiger partial charge in [0.05, 0.1) is 12.0 Å². The van der Waals surface area contributed by atoms with Crippen LogP contribution in [0.15, 0.2) is 0 Å². The SMILES string of the molecule is CC1CCC(C(=O)N2CCC(C(=O)O)CC2C)O1. The highest BCUT2D eigenvalue weighted by atomic mass is 16.5. The lowest BCUT2D eigenvalue weighted by molar-refractivity contribution is -0.152. The number of hydrogen-bond donors (Lipinski definition) is 1. The molecule has 102 valence electrons. The molecule has 0 aromatic carbocycles. The van der Waals surface area contributed by atoms with E-state index in [0.717, 1.165) is 12.8 Å². The van der Waals surface area contributed by atoms with Crippen molar-refractivity contribution in [1.29, 1.82) is 0 Å². The van der Waals surface area contributed by atoms with E-state index in [4.69, 9.17) is 9.84 Å². The van der Waals surface area contributed by atoms with E-state index in [0.29, 0.717) is 19.4 Å². The van der Waals surface area contributed by atoms with Gasteiger partial charge < -0.3 is 14.7 Å². The topological polar surface area (TPSA) is 66.8 Å². The van der Waals surface area contributed by atoms with Gasteiger partial charge in [0.25, 0.3) is 5.91 Å². The normalized spacial score (nSPS) is 36.7. The third kappa shape index (κ3) is 2.66. The Kier molecular flexibility index (Phi) is 3.90. The fourth-order valence-electron chi connectivity index (χ4n) is 2.89. The Morgan fingerprint density at radius 3 is 2.44 bits per heavy atom. The molecule has 4 atom stereocenters. The van der Waals surface area contributed by atoms with Gasteiger partial charge in [-0.05, 0) is 39.5 Å². The molecule has 5 heteroatoms. The van der Waals surface area contributed by atoms with Crippen molar-refractivity contribution < 1.29 is 19.4 Å². The second kappa shape index (κ2) is 5.26. The maximum absolute atomic E-state index is 12.3. The molecule has 2 fully saturated rings. The first-order valence-corrected chi connectivity index (χ1v) is 6.67. The molecular formula is C13H21NO4. The lowest BCUT2D eigenvalue weighted by Crippen LogP contribution is -2.49. The molecule has 2 heterocycles. The Balaban J connectivity index is 1.94. The van der Waals surface area contributed by atoms with Gasteiger partial charge in [-0.1, -0.05) is 0 Å². The van der Waals surface area contributed by atoms with Crippen LogP contribution < -0.4 is 0 Å². The Morgan fingerprint density at radius 1 is 1.22 bits per heavy atom. The van der Waals surface area contributed by atoms with Gasteiger partial charge in [-0.3, -0.25) is 9.59 Å². The first-order chi connectivity index (χ1) is 8.49. The zero-order valence-corrected chi connectivity index (χ0v) is 11.0. The summed E-state index contributed by atoms with van der Waals surface area (Å²) in [5, 5.41) is 9.00. The van der Waals surface area contributed by atoms with E-state index in [2.05, 4.69) is 0 Å². The molecule has 0 spiro atoms. The van der Waals surface area contributed by atoms with Crippen LogP contribution in [0, 0.1) is 5.92 Å². The quantitative estimate of drug-likeness (QED) is 0.806. The Labute approximate surface area is 107 Å². The number of amides is 1. The molecule has 0 radical (unpaired) electrons. The van der Waals surface area contributed by atoms with E-state index >= 15 is 0 Å². The molecule has 0 saturated carbocycles. The second-order valence-corrected chi connectivity index (χ2v) is 5.45. The van der Waals surface area contributed by atoms with E-state index in [1.807, 2.05) is 13.8 Å². The fraction of sp³-hybridized carbons (Fsp3) is 0.846. The zero-order chi connectivity index (χ0) is 13.3. The van der Waals surface area contributed by atoms with Gasteiger partial charge in [-0.2, -0.15) is 0 Å². The van der Waals surface area contributed by atoms with Crippen LogP contribution in [0.25, 0.3) is 0 Å². The molecule has 1 amide bonds. The molecule has 2 saturated heterocycles. The number of nitrogens with zero attached hydrogens (tertiary/aromatic N) is 1. The molecule has 2 aliphatic rings. The second-order valence-electron chi connectivity index (χ2n) is 5.45. The van der Waals surface area contributed by atoms with Crippen LogP contribution >= 0.6 is 0 Å². The summed E-state index contributed by atoms with van der Waals surface area (Å²) in [6.45, 7) is 4.43. The summed E-state index contributed by atoms with van der Waals surface area (Å²) in [5.74, 6) is -1.03. The van der Waals surface area contributed by atoms with Crippen molar-refractivity contribution in [3.8, 4) is 0 Å². The van der Waals surface area contributed by atoms with Crippen LogP contribution in [0.2, 0.25) is 0 Å². The molecule has 0 aromatic heterocycles. The van der Waals surface area contributed by atoms with Crippen molar-refractivity contribution in [2.24, 2.45) is 5.92 Å². The summed E-state index contributed by atoms with van der Waals surface area (Å²) >= 11 is 0. The number of rotatable bonds is 2. The number of carboxylic acid groups (broad SMARTS) is 1. The monoisotopic (exact) mass is 255 g/mol. The Hall–Kier alpha value is -1.10. The highest BCUT2D eigenvalue weighted by Gasteiger charge is 2.37. The van der Waals surface area contributed by atoms with Gasteiger partial charge >= 0.3 is 5.97 Å². The van der Waals surface area contributed by atoms with Gasteiger partial charge in [-0.25, -0.2) is 0 Å². The van der Waals surface area contributed by atoms with Crippen molar-refractivity contribution in [2.45, 2.75) is 57.8 Å². The lowest BCUT2D eigenvalue weighted by Gasteiger charge is -2.37. The van der Waals surface area contributed by atoms with Crippen molar-refractivity contribution >= 4 is 11.9 Å². The van der Waals surface area contributed by atoms with E-state index in [9.17, 15) is 9.59 Å². The van der Waals surface area contributed by atoms with Crippen LogP contribution in [0.4, 0.5) is 0 Å². The minimum absolute atomic E-state index is 0.00754. The summed E-state index contributed by atoms with van der Waals surface area (Å²) < 4.78 is 5.59. The first-order valence-electron chi connectivity index (χ1n) is 6.67. The molecule has 2 rings (SSSR count). The third-order valence-corrected chi connectivity index (χ3v) is 4.02. The number of piperidine rings is 1. The van der Waals surface area contributed by atoms with E-state index in [1.54, 1.807) is 4.90 Å². The maximum atomic E-state index is 12.3. The van der Waals surface area contributed by atoms with E-state index < -0.39 is 5.97 Å². The lowest BCUT2D eigenvalue weighted by atomic mass is 9.91. The molecule has 4 unspecified atom stereocenters. The van der Waals surface area contributed by atoms with Gasteiger partial charge in [-0.15, -0.1) is 0 Å². The number of likely N-dealkylation sites (tertiary alicyclic amines) is 1. The summed E-state index contributed by atoms with van der Waals surface area (Å²) in [5.41, 5.74) is 0. The van der Waals surface area contributed by atoms with E-state index in [1.165, 1.54) is 0 Å². The average molecular weight is 255 g/mol. The summed E-state index contributed by atoms with van der Waals surface area (Å²) in [4.78, 5) is 25.0. The van der Waals surface area contributed by atoms with Crippen molar-refractivity contribution in [3.63, 3.8) is 0 Å². The number of carbonyl (C=O) groups is 2. The zero-order valence-electron chi connectivity index (χ0n) is 11.0. The van der Waals surface area contributed by atoms with Gasteiger partial charge in [0.15, 0.2) is 0 Å². The molecule has 0 bridgehead atoms. The van der Waals surface area contributed by atoms with Gasteiger partial charge in [0.1, 0.15) is 6.10 Å². The number of carbonyl (C=O) groups excluding carboxylic acids is 1. The summed E-state index contributed by atoms with van der Waals surface area (Å²) in [7, 11) is 0. The van der Waals surface area contributed by atoms with Crippen LogP contribution in [-0.4, -0.2) is 46.7 Å². The number of aliphatic carboxylic acids is 1. The van der Waals surface area contributed by atoms with Crippen LogP contribution in [0.5, 0.6) is 0 Å². The van der Waals surface area contributed by atoms with Crippen molar-refractivity contribution in [3.05, 3.63) is 0 Å².